The molecule has 4 rings (SSSR count). The zero-order chi connectivity index (χ0) is 20.9. The number of carboxylic acid groups (broad SMARTS) is 1. The first-order valence-corrected chi connectivity index (χ1v) is 10.1. The van der Waals surface area contributed by atoms with E-state index in [-0.39, 0.29) is 19.2 Å². The number of aliphatic carboxylic acids is 1. The van der Waals surface area contributed by atoms with E-state index in [1.54, 1.807) is 4.90 Å². The van der Waals surface area contributed by atoms with E-state index in [2.05, 4.69) is 5.32 Å². The van der Waals surface area contributed by atoms with Crippen molar-refractivity contribution in [2.24, 2.45) is 0 Å². The molecule has 1 fully saturated rings. The van der Waals surface area contributed by atoms with Gasteiger partial charge in [-0.2, -0.15) is 0 Å². The van der Waals surface area contributed by atoms with E-state index < -0.39 is 12.0 Å². The van der Waals surface area contributed by atoms with E-state index in [9.17, 15) is 14.7 Å². The second kappa shape index (κ2) is 9.04. The maximum absolute atomic E-state index is 12.6. The number of ether oxygens (including phenoxy) is 2. The minimum absolute atomic E-state index is 0.199. The highest BCUT2D eigenvalue weighted by atomic mass is 16.7. The molecule has 2 amide bonds. The van der Waals surface area contributed by atoms with E-state index >= 15 is 0 Å². The van der Waals surface area contributed by atoms with E-state index in [0.717, 1.165) is 42.3 Å². The van der Waals surface area contributed by atoms with Gasteiger partial charge in [0.1, 0.15) is 6.54 Å². The molecule has 1 saturated heterocycles. The Balaban J connectivity index is 1.27. The number of carboxylic acids is 1. The van der Waals surface area contributed by atoms with Crippen molar-refractivity contribution in [3.63, 3.8) is 0 Å². The lowest BCUT2D eigenvalue weighted by molar-refractivity contribution is -0.917. The number of piperazine rings is 1. The molecule has 0 aliphatic carbocycles. The summed E-state index contributed by atoms with van der Waals surface area (Å²) < 4.78 is 10.8. The molecule has 30 heavy (non-hydrogen) atoms. The maximum atomic E-state index is 12.6. The standard InChI is InChI=1S/C22H25N3O5/c26-21(27)18(12-16-4-2-1-3-5-16)23-22(28)25-10-8-24(9-11-25)14-17-6-7-19-20(13-17)30-15-29-19/h1-7,13,18H,8-12,14-15H2,(H,23,28)(H,26,27)/t18-/m0/s1. The molecule has 158 valence electrons. The fourth-order valence-electron chi connectivity index (χ4n) is 3.83. The van der Waals surface area contributed by atoms with Crippen LogP contribution in [-0.4, -0.2) is 55.9 Å². The van der Waals surface area contributed by atoms with Crippen molar-refractivity contribution in [1.82, 2.24) is 10.2 Å². The Kier molecular flexibility index (Phi) is 6.04. The quantitative estimate of drug-likeness (QED) is 0.648. The zero-order valence-corrected chi connectivity index (χ0v) is 16.6. The van der Waals surface area contributed by atoms with Crippen LogP contribution in [0.5, 0.6) is 11.5 Å². The lowest BCUT2D eigenvalue weighted by Crippen LogP contribution is -3.13. The van der Waals surface area contributed by atoms with Crippen molar-refractivity contribution in [2.45, 2.75) is 19.0 Å². The van der Waals surface area contributed by atoms with Crippen molar-refractivity contribution in [3.8, 4) is 11.5 Å². The van der Waals surface area contributed by atoms with Gasteiger partial charge in [0.05, 0.1) is 38.2 Å². The highest BCUT2D eigenvalue weighted by molar-refractivity contribution is 5.82. The van der Waals surface area contributed by atoms with Crippen LogP contribution >= 0.6 is 0 Å². The van der Waals surface area contributed by atoms with Gasteiger partial charge in [0.2, 0.25) is 6.79 Å². The molecule has 2 heterocycles. The Morgan fingerprint density at radius 1 is 1.03 bits per heavy atom. The maximum Gasteiger partial charge on any atom is 0.318 e. The van der Waals surface area contributed by atoms with Gasteiger partial charge in [-0.05, 0) is 30.2 Å². The molecule has 0 radical (unpaired) electrons. The van der Waals surface area contributed by atoms with Crippen molar-refractivity contribution in [2.75, 3.05) is 33.0 Å². The number of nitrogens with zero attached hydrogens (tertiary/aromatic N) is 1. The average Bonchev–Trinajstić information content (AvgIpc) is 3.22. The van der Waals surface area contributed by atoms with Crippen molar-refractivity contribution in [3.05, 3.63) is 59.7 Å². The first-order valence-electron chi connectivity index (χ1n) is 10.1. The van der Waals surface area contributed by atoms with Gasteiger partial charge in [0.25, 0.3) is 0 Å². The number of fused-ring (bicyclic) bond motifs is 1. The molecule has 2 aromatic carbocycles. The number of hydrogen-bond donors (Lipinski definition) is 2. The van der Waals surface area contributed by atoms with Crippen LogP contribution in [0.15, 0.2) is 48.5 Å². The number of carbonyl (C=O) groups is 2. The second-order valence-electron chi connectivity index (χ2n) is 7.61. The lowest BCUT2D eigenvalue weighted by Gasteiger charge is -2.33. The summed E-state index contributed by atoms with van der Waals surface area (Å²) in [5, 5.41) is 14.1. The van der Waals surface area contributed by atoms with E-state index in [1.165, 1.54) is 4.90 Å². The molecule has 2 aromatic rings. The molecule has 8 heteroatoms. The van der Waals surface area contributed by atoms with Gasteiger partial charge in [-0.25, -0.2) is 4.79 Å². The van der Waals surface area contributed by atoms with Crippen LogP contribution in [0, 0.1) is 0 Å². The Morgan fingerprint density at radius 2 is 1.77 bits per heavy atom. The van der Waals surface area contributed by atoms with Crippen LogP contribution in [0.25, 0.3) is 0 Å². The van der Waals surface area contributed by atoms with Crippen LogP contribution in [0.4, 0.5) is 4.79 Å². The number of carbonyl (C=O) groups excluding carboxylic acids is 2. The van der Waals surface area contributed by atoms with Crippen molar-refractivity contribution in [1.29, 1.82) is 0 Å². The van der Waals surface area contributed by atoms with Crippen LogP contribution in [0.1, 0.15) is 11.1 Å². The number of hydrogen-bond acceptors (Lipinski definition) is 5. The van der Waals surface area contributed by atoms with Crippen LogP contribution in [-0.2, 0) is 17.8 Å². The predicted octanol–water partition coefficient (Wildman–Crippen LogP) is -0.813. The SMILES string of the molecule is O=C([O-])[C@H](Cc1ccccc1)NC(=O)N1CC[NH+](Cc2ccc3c(c2)OCO3)CC1. The topological polar surface area (TPSA) is 95.4 Å². The highest BCUT2D eigenvalue weighted by Crippen LogP contribution is 2.32. The molecule has 0 bridgehead atoms. The summed E-state index contributed by atoms with van der Waals surface area (Å²) in [4.78, 5) is 27.1. The van der Waals surface area contributed by atoms with Gasteiger partial charge in [0.15, 0.2) is 11.5 Å². The first kappa shape index (κ1) is 20.0. The van der Waals surface area contributed by atoms with Gasteiger partial charge >= 0.3 is 6.03 Å². The minimum atomic E-state index is -1.28. The zero-order valence-electron chi connectivity index (χ0n) is 16.6. The molecular weight excluding hydrogens is 386 g/mol. The summed E-state index contributed by atoms with van der Waals surface area (Å²) >= 11 is 0. The molecule has 2 aliphatic rings. The normalized spacial score (nSPS) is 16.9. The average molecular weight is 411 g/mol. The summed E-state index contributed by atoms with van der Waals surface area (Å²) in [6.07, 6.45) is 0.199. The smallest absolute Gasteiger partial charge is 0.318 e. The molecular formula is C22H25N3O5. The van der Waals surface area contributed by atoms with Crippen LogP contribution in [0.3, 0.4) is 0 Å². The number of nitrogens with one attached hydrogen (secondary N) is 2. The first-order chi connectivity index (χ1) is 14.6. The summed E-state index contributed by atoms with van der Waals surface area (Å²) in [6.45, 7) is 3.80. The van der Waals surface area contributed by atoms with E-state index in [0.29, 0.717) is 13.1 Å². The van der Waals surface area contributed by atoms with Gasteiger partial charge < -0.3 is 34.5 Å². The summed E-state index contributed by atoms with van der Waals surface area (Å²) in [7, 11) is 0. The second-order valence-corrected chi connectivity index (χ2v) is 7.61. The van der Waals surface area contributed by atoms with Gasteiger partial charge in [-0.3, -0.25) is 0 Å². The largest absolute Gasteiger partial charge is 0.548 e. The molecule has 8 nitrogen and oxygen atoms in total. The molecule has 0 saturated carbocycles. The third kappa shape index (κ3) is 4.83. The lowest BCUT2D eigenvalue weighted by atomic mass is 10.1. The minimum Gasteiger partial charge on any atom is -0.548 e. The van der Waals surface area contributed by atoms with E-state index in [4.69, 9.17) is 9.47 Å². The number of benzene rings is 2. The summed E-state index contributed by atoms with van der Waals surface area (Å²) in [5.74, 6) is 0.268. The molecule has 2 aliphatic heterocycles. The van der Waals surface area contributed by atoms with Crippen molar-refractivity contribution < 1.29 is 29.1 Å². The number of urea groups is 1. The Hall–Kier alpha value is -3.26. The van der Waals surface area contributed by atoms with Gasteiger partial charge in [0, 0.05) is 5.56 Å². The van der Waals surface area contributed by atoms with Gasteiger partial charge in [-0.1, -0.05) is 30.3 Å². The molecule has 2 N–H and O–H groups in total. The highest BCUT2D eigenvalue weighted by Gasteiger charge is 2.26. The molecule has 0 spiro atoms. The van der Waals surface area contributed by atoms with Crippen LogP contribution in [0.2, 0.25) is 0 Å². The number of rotatable bonds is 6. The molecule has 0 aromatic heterocycles. The van der Waals surface area contributed by atoms with Crippen LogP contribution < -0.4 is 24.8 Å². The monoisotopic (exact) mass is 411 g/mol. The predicted molar refractivity (Wildman–Crippen MR) is 106 cm³/mol. The summed E-state index contributed by atoms with van der Waals surface area (Å²) in [6, 6.07) is 13.8. The number of amides is 2. The Morgan fingerprint density at radius 3 is 2.50 bits per heavy atom. The van der Waals surface area contributed by atoms with Gasteiger partial charge in [-0.15, -0.1) is 0 Å². The molecule has 1 atom stereocenters. The fourth-order valence-corrected chi connectivity index (χ4v) is 3.83. The summed E-state index contributed by atoms with van der Waals surface area (Å²) in [5.41, 5.74) is 2.00. The van der Waals surface area contributed by atoms with Crippen molar-refractivity contribution >= 4 is 12.0 Å². The number of quaternary nitrogens is 1. The van der Waals surface area contributed by atoms with E-state index in [1.807, 2.05) is 48.5 Å². The third-order valence-electron chi connectivity index (χ3n) is 5.51. The Labute approximate surface area is 175 Å². The Bertz CT molecular complexity index is 897. The fraction of sp³-hybridized carbons (Fsp3) is 0.364. The third-order valence-corrected chi connectivity index (χ3v) is 5.51. The molecule has 0 unspecified atom stereocenters.